The van der Waals surface area contributed by atoms with Crippen molar-refractivity contribution in [1.29, 1.82) is 0 Å². The van der Waals surface area contributed by atoms with Crippen LogP contribution in [0.2, 0.25) is 5.02 Å². The summed E-state index contributed by atoms with van der Waals surface area (Å²) in [6.07, 6.45) is 3.97. The molecule has 0 radical (unpaired) electrons. The van der Waals surface area contributed by atoms with E-state index in [1.807, 2.05) is 4.90 Å². The molecule has 2 aliphatic heterocycles. The second-order valence-corrected chi connectivity index (χ2v) is 10.2. The average Bonchev–Trinajstić information content (AvgIpc) is 2.67. The van der Waals surface area contributed by atoms with Crippen LogP contribution in [0.1, 0.15) is 46.0 Å². The predicted octanol–water partition coefficient (Wildman–Crippen LogP) is 3.44. The van der Waals surface area contributed by atoms with Gasteiger partial charge in [-0.25, -0.2) is 8.42 Å². The molecule has 8 nitrogen and oxygen atoms in total. The van der Waals surface area contributed by atoms with Gasteiger partial charge in [0, 0.05) is 43.2 Å². The summed E-state index contributed by atoms with van der Waals surface area (Å²) in [6.45, 7) is 4.51. The first-order chi connectivity index (χ1) is 13.6. The van der Waals surface area contributed by atoms with E-state index in [0.717, 1.165) is 25.3 Å². The lowest BCUT2D eigenvalue weighted by atomic mass is 9.91. The van der Waals surface area contributed by atoms with Gasteiger partial charge < -0.3 is 4.90 Å². The highest BCUT2D eigenvalue weighted by molar-refractivity contribution is 7.89. The molecule has 1 aromatic carbocycles. The number of rotatable bonds is 4. The maximum Gasteiger partial charge on any atom is 0.270 e. The third-order valence-electron chi connectivity index (χ3n) is 5.99. The van der Waals surface area contributed by atoms with Crippen molar-refractivity contribution in [3.8, 4) is 0 Å². The van der Waals surface area contributed by atoms with E-state index in [1.54, 1.807) is 0 Å². The van der Waals surface area contributed by atoms with Gasteiger partial charge >= 0.3 is 0 Å². The SMILES string of the molecule is C[C@H]1CCC[C@H](C)N1C(=O)C1CCN(S(=O)(=O)c2cc([N+](=O)[O-])ccc2Cl)CC1. The van der Waals surface area contributed by atoms with Crippen LogP contribution >= 0.6 is 11.6 Å². The average molecular weight is 444 g/mol. The van der Waals surface area contributed by atoms with Crippen molar-refractivity contribution in [2.75, 3.05) is 13.1 Å². The van der Waals surface area contributed by atoms with Crippen LogP contribution in [0.5, 0.6) is 0 Å². The van der Waals surface area contributed by atoms with Crippen LogP contribution in [0.3, 0.4) is 0 Å². The molecule has 0 aliphatic carbocycles. The van der Waals surface area contributed by atoms with Crippen LogP contribution in [0, 0.1) is 16.0 Å². The molecule has 1 aromatic rings. The lowest BCUT2D eigenvalue weighted by molar-refractivity contribution is -0.385. The van der Waals surface area contributed by atoms with E-state index in [-0.39, 0.29) is 52.6 Å². The summed E-state index contributed by atoms with van der Waals surface area (Å²) in [5.41, 5.74) is -0.328. The minimum atomic E-state index is -3.97. The standard InChI is InChI=1S/C19H26ClN3O5S/c1-13-4-3-5-14(2)22(13)19(24)15-8-10-21(11-9-15)29(27,28)18-12-16(23(25)26)6-7-17(18)20/h6-7,12-15H,3-5,8-11H2,1-2H3/t13-,14-/m0/s1. The van der Waals surface area contributed by atoms with Crippen LogP contribution in [0.15, 0.2) is 23.1 Å². The monoisotopic (exact) mass is 443 g/mol. The molecule has 0 saturated carbocycles. The molecule has 3 rings (SSSR count). The summed E-state index contributed by atoms with van der Waals surface area (Å²) in [4.78, 5) is 25.1. The molecular formula is C19H26ClN3O5S. The molecule has 160 valence electrons. The Hall–Kier alpha value is -1.71. The second kappa shape index (κ2) is 8.57. The van der Waals surface area contributed by atoms with Crippen molar-refractivity contribution >= 4 is 33.2 Å². The van der Waals surface area contributed by atoms with Crippen molar-refractivity contribution in [2.45, 2.75) is 62.9 Å². The van der Waals surface area contributed by atoms with E-state index in [0.29, 0.717) is 12.8 Å². The Morgan fingerprint density at radius 3 is 2.28 bits per heavy atom. The van der Waals surface area contributed by atoms with Gasteiger partial charge in [0.05, 0.1) is 9.95 Å². The number of sulfonamides is 1. The summed E-state index contributed by atoms with van der Waals surface area (Å²) < 4.78 is 27.2. The molecule has 0 aromatic heterocycles. The lowest BCUT2D eigenvalue weighted by Crippen LogP contribution is -2.52. The highest BCUT2D eigenvalue weighted by Crippen LogP contribution is 2.33. The van der Waals surface area contributed by atoms with Gasteiger partial charge in [0.1, 0.15) is 4.90 Å². The smallest absolute Gasteiger partial charge is 0.270 e. The number of hydrogen-bond donors (Lipinski definition) is 0. The van der Waals surface area contributed by atoms with Crippen LogP contribution < -0.4 is 0 Å². The number of hydrogen-bond acceptors (Lipinski definition) is 5. The topological polar surface area (TPSA) is 101 Å². The normalized spacial score (nSPS) is 24.4. The third-order valence-corrected chi connectivity index (χ3v) is 8.37. The number of piperidine rings is 2. The van der Waals surface area contributed by atoms with Crippen LogP contribution in [-0.2, 0) is 14.8 Å². The number of nitrogens with zero attached hydrogens (tertiary/aromatic N) is 3. The first-order valence-electron chi connectivity index (χ1n) is 9.89. The quantitative estimate of drug-likeness (QED) is 0.524. The number of likely N-dealkylation sites (tertiary alicyclic amines) is 1. The van der Waals surface area contributed by atoms with E-state index in [2.05, 4.69) is 13.8 Å². The van der Waals surface area contributed by atoms with Gasteiger partial charge in [-0.05, 0) is 52.0 Å². The van der Waals surface area contributed by atoms with Crippen molar-refractivity contribution in [2.24, 2.45) is 5.92 Å². The number of carbonyl (C=O) groups is 1. The number of benzene rings is 1. The Labute approximate surface area is 176 Å². The Morgan fingerprint density at radius 1 is 1.14 bits per heavy atom. The summed E-state index contributed by atoms with van der Waals surface area (Å²) in [6, 6.07) is 3.80. The van der Waals surface area contributed by atoms with E-state index < -0.39 is 14.9 Å². The first kappa shape index (κ1) is 22.0. The fourth-order valence-electron chi connectivity index (χ4n) is 4.35. The molecule has 1 amide bonds. The maximum absolute atomic E-state index is 13.0. The number of amides is 1. The van der Waals surface area contributed by atoms with Gasteiger partial charge in [-0.2, -0.15) is 4.31 Å². The molecule has 2 atom stereocenters. The third kappa shape index (κ3) is 4.41. The number of carbonyl (C=O) groups excluding carboxylic acids is 1. The minimum Gasteiger partial charge on any atom is -0.337 e. The van der Waals surface area contributed by atoms with Gasteiger partial charge in [0.25, 0.3) is 5.69 Å². The van der Waals surface area contributed by atoms with Gasteiger partial charge in [0.2, 0.25) is 15.9 Å². The zero-order chi connectivity index (χ0) is 21.3. The van der Waals surface area contributed by atoms with E-state index in [4.69, 9.17) is 11.6 Å². The molecule has 2 fully saturated rings. The van der Waals surface area contributed by atoms with Gasteiger partial charge in [0.15, 0.2) is 0 Å². The van der Waals surface area contributed by atoms with Crippen LogP contribution in [0.4, 0.5) is 5.69 Å². The summed E-state index contributed by atoms with van der Waals surface area (Å²) in [5, 5.41) is 10.9. The predicted molar refractivity (Wildman–Crippen MR) is 109 cm³/mol. The molecule has 2 aliphatic rings. The van der Waals surface area contributed by atoms with Crippen molar-refractivity contribution < 1.29 is 18.1 Å². The van der Waals surface area contributed by atoms with E-state index in [1.165, 1.54) is 16.4 Å². The number of halogens is 1. The molecule has 0 unspecified atom stereocenters. The molecule has 2 heterocycles. The van der Waals surface area contributed by atoms with Gasteiger partial charge in [-0.3, -0.25) is 14.9 Å². The minimum absolute atomic E-state index is 0.0511. The fourth-order valence-corrected chi connectivity index (χ4v) is 6.32. The van der Waals surface area contributed by atoms with Crippen LogP contribution in [0.25, 0.3) is 0 Å². The molecule has 0 spiro atoms. The molecular weight excluding hydrogens is 418 g/mol. The van der Waals surface area contributed by atoms with Crippen molar-refractivity contribution in [3.05, 3.63) is 33.3 Å². The lowest BCUT2D eigenvalue weighted by Gasteiger charge is -2.42. The molecule has 0 bridgehead atoms. The van der Waals surface area contributed by atoms with Crippen molar-refractivity contribution in [1.82, 2.24) is 9.21 Å². The van der Waals surface area contributed by atoms with Gasteiger partial charge in [-0.1, -0.05) is 11.6 Å². The van der Waals surface area contributed by atoms with E-state index in [9.17, 15) is 23.3 Å². The largest absolute Gasteiger partial charge is 0.337 e. The Kier molecular flexibility index (Phi) is 6.50. The Balaban J connectivity index is 1.72. The summed E-state index contributed by atoms with van der Waals surface area (Å²) in [5.74, 6) is -0.0971. The van der Waals surface area contributed by atoms with Crippen molar-refractivity contribution in [3.63, 3.8) is 0 Å². The van der Waals surface area contributed by atoms with E-state index >= 15 is 0 Å². The highest BCUT2D eigenvalue weighted by Gasteiger charge is 2.38. The maximum atomic E-state index is 13.0. The fraction of sp³-hybridized carbons (Fsp3) is 0.632. The summed E-state index contributed by atoms with van der Waals surface area (Å²) >= 11 is 6.03. The molecule has 2 saturated heterocycles. The molecule has 29 heavy (non-hydrogen) atoms. The Bertz CT molecular complexity index is 889. The highest BCUT2D eigenvalue weighted by atomic mass is 35.5. The number of nitro benzene ring substituents is 1. The summed E-state index contributed by atoms with van der Waals surface area (Å²) in [7, 11) is -3.97. The molecule has 10 heteroatoms. The number of nitro groups is 1. The first-order valence-corrected chi connectivity index (χ1v) is 11.7. The molecule has 0 N–H and O–H groups in total. The number of non-ortho nitro benzene ring substituents is 1. The Morgan fingerprint density at radius 2 is 1.72 bits per heavy atom. The van der Waals surface area contributed by atoms with Crippen LogP contribution in [-0.4, -0.2) is 53.6 Å². The van der Waals surface area contributed by atoms with Gasteiger partial charge in [-0.15, -0.1) is 0 Å². The second-order valence-electron chi connectivity index (χ2n) is 7.92. The zero-order valence-electron chi connectivity index (χ0n) is 16.6. The zero-order valence-corrected chi connectivity index (χ0v) is 18.2.